The van der Waals surface area contributed by atoms with Gasteiger partial charge in [0.1, 0.15) is 5.56 Å². The van der Waals surface area contributed by atoms with Gasteiger partial charge in [-0.3, -0.25) is 14.4 Å². The van der Waals surface area contributed by atoms with Crippen molar-refractivity contribution in [1.29, 1.82) is 0 Å². The minimum absolute atomic E-state index is 0.0151. The standard InChI is InChI=1S/C21H25N3O3/c1-16-8-10-23(11-9-18-6-4-3-5-7-18)20(26)19(16)21(27)24-14-12-22(13-15-24)17(2)25/h3-8,10H,9,11-15H2,1-2H3. The molecule has 0 atom stereocenters. The average Bonchev–Trinajstić information content (AvgIpc) is 2.68. The van der Waals surface area contributed by atoms with E-state index in [4.69, 9.17) is 0 Å². The molecular formula is C21H25N3O3. The van der Waals surface area contributed by atoms with Crippen LogP contribution in [0.4, 0.5) is 0 Å². The van der Waals surface area contributed by atoms with E-state index in [1.165, 1.54) is 6.92 Å². The van der Waals surface area contributed by atoms with Crippen molar-refractivity contribution >= 4 is 11.8 Å². The molecule has 2 aromatic rings. The maximum absolute atomic E-state index is 13.0. The molecule has 2 heterocycles. The number of hydrogen-bond donors (Lipinski definition) is 0. The maximum Gasteiger partial charge on any atom is 0.263 e. The molecule has 1 aromatic carbocycles. The van der Waals surface area contributed by atoms with Crippen LogP contribution in [-0.4, -0.2) is 52.4 Å². The van der Waals surface area contributed by atoms with Gasteiger partial charge in [-0.05, 0) is 30.5 Å². The predicted octanol–water partition coefficient (Wildman–Crippen LogP) is 1.70. The van der Waals surface area contributed by atoms with Crippen molar-refractivity contribution in [1.82, 2.24) is 14.4 Å². The lowest BCUT2D eigenvalue weighted by atomic mass is 10.1. The van der Waals surface area contributed by atoms with Crippen LogP contribution in [0.1, 0.15) is 28.4 Å². The molecule has 0 unspecified atom stereocenters. The van der Waals surface area contributed by atoms with E-state index < -0.39 is 0 Å². The molecule has 27 heavy (non-hydrogen) atoms. The fourth-order valence-corrected chi connectivity index (χ4v) is 3.38. The number of carbonyl (C=O) groups excluding carboxylic acids is 2. The Kier molecular flexibility index (Phi) is 5.74. The monoisotopic (exact) mass is 367 g/mol. The zero-order valence-electron chi connectivity index (χ0n) is 15.9. The molecule has 0 bridgehead atoms. The van der Waals surface area contributed by atoms with E-state index in [-0.39, 0.29) is 22.9 Å². The maximum atomic E-state index is 13.0. The van der Waals surface area contributed by atoms with Gasteiger partial charge < -0.3 is 14.4 Å². The highest BCUT2D eigenvalue weighted by molar-refractivity contribution is 5.95. The number of benzene rings is 1. The number of carbonyl (C=O) groups is 2. The summed E-state index contributed by atoms with van der Waals surface area (Å²) in [6.07, 6.45) is 2.49. The van der Waals surface area contributed by atoms with Crippen molar-refractivity contribution in [2.45, 2.75) is 26.8 Å². The third-order valence-electron chi connectivity index (χ3n) is 5.08. The number of rotatable bonds is 4. The first-order chi connectivity index (χ1) is 13.0. The number of aryl methyl sites for hydroxylation is 3. The van der Waals surface area contributed by atoms with Crippen LogP contribution in [-0.2, 0) is 17.8 Å². The van der Waals surface area contributed by atoms with E-state index in [0.29, 0.717) is 38.3 Å². The Bertz CT molecular complexity index is 881. The Morgan fingerprint density at radius 2 is 1.59 bits per heavy atom. The number of piperazine rings is 1. The summed E-state index contributed by atoms with van der Waals surface area (Å²) in [6.45, 7) is 5.78. The average molecular weight is 367 g/mol. The molecule has 6 nitrogen and oxygen atoms in total. The highest BCUT2D eigenvalue weighted by atomic mass is 16.2. The van der Waals surface area contributed by atoms with Gasteiger partial charge in [0.15, 0.2) is 0 Å². The second kappa shape index (κ2) is 8.20. The summed E-state index contributed by atoms with van der Waals surface area (Å²) >= 11 is 0. The summed E-state index contributed by atoms with van der Waals surface area (Å²) in [4.78, 5) is 40.7. The topological polar surface area (TPSA) is 62.6 Å². The third kappa shape index (κ3) is 4.27. The normalized spacial score (nSPS) is 14.3. The third-order valence-corrected chi connectivity index (χ3v) is 5.08. The Morgan fingerprint density at radius 1 is 0.963 bits per heavy atom. The van der Waals surface area contributed by atoms with Crippen LogP contribution >= 0.6 is 0 Å². The fraction of sp³-hybridized carbons (Fsp3) is 0.381. The molecule has 0 saturated carbocycles. The van der Waals surface area contributed by atoms with Crippen LogP contribution in [0.2, 0.25) is 0 Å². The molecule has 6 heteroatoms. The van der Waals surface area contributed by atoms with E-state index >= 15 is 0 Å². The minimum atomic E-state index is -0.245. The van der Waals surface area contributed by atoms with Crippen LogP contribution < -0.4 is 5.56 Å². The van der Waals surface area contributed by atoms with Crippen molar-refractivity contribution in [2.75, 3.05) is 26.2 Å². The van der Waals surface area contributed by atoms with Crippen LogP contribution in [0.25, 0.3) is 0 Å². The second-order valence-electron chi connectivity index (χ2n) is 6.91. The number of amides is 2. The lowest BCUT2D eigenvalue weighted by Crippen LogP contribution is -2.51. The van der Waals surface area contributed by atoms with Gasteiger partial charge in [0.2, 0.25) is 5.91 Å². The number of aromatic nitrogens is 1. The highest BCUT2D eigenvalue weighted by Gasteiger charge is 2.26. The van der Waals surface area contributed by atoms with Gasteiger partial charge in [0, 0.05) is 45.8 Å². The van der Waals surface area contributed by atoms with Crippen LogP contribution in [0.15, 0.2) is 47.4 Å². The summed E-state index contributed by atoms with van der Waals surface area (Å²) in [5.74, 6) is -0.226. The van der Waals surface area contributed by atoms with Gasteiger partial charge in [0.25, 0.3) is 11.5 Å². The molecule has 1 fully saturated rings. The summed E-state index contributed by atoms with van der Waals surface area (Å²) in [7, 11) is 0. The molecule has 1 aromatic heterocycles. The van der Waals surface area contributed by atoms with E-state index in [0.717, 1.165) is 12.0 Å². The fourth-order valence-electron chi connectivity index (χ4n) is 3.38. The molecule has 2 amide bonds. The van der Waals surface area contributed by atoms with E-state index in [9.17, 15) is 14.4 Å². The molecule has 0 aliphatic carbocycles. The Balaban J connectivity index is 1.76. The lowest BCUT2D eigenvalue weighted by molar-refractivity contribution is -0.130. The molecule has 1 saturated heterocycles. The largest absolute Gasteiger partial charge is 0.339 e. The smallest absolute Gasteiger partial charge is 0.263 e. The summed E-state index contributed by atoms with van der Waals surface area (Å²) < 4.78 is 1.61. The lowest BCUT2D eigenvalue weighted by Gasteiger charge is -2.34. The SMILES string of the molecule is CC(=O)N1CCN(C(=O)c2c(C)ccn(CCc3ccccc3)c2=O)CC1. The van der Waals surface area contributed by atoms with Gasteiger partial charge in [-0.1, -0.05) is 30.3 Å². The number of hydrogen-bond acceptors (Lipinski definition) is 3. The van der Waals surface area contributed by atoms with Crippen LogP contribution in [0.5, 0.6) is 0 Å². The molecular weight excluding hydrogens is 342 g/mol. The van der Waals surface area contributed by atoms with Gasteiger partial charge in [-0.25, -0.2) is 0 Å². The van der Waals surface area contributed by atoms with E-state index in [1.807, 2.05) is 36.4 Å². The second-order valence-corrected chi connectivity index (χ2v) is 6.91. The van der Waals surface area contributed by atoms with Crippen molar-refractivity contribution in [3.63, 3.8) is 0 Å². The zero-order chi connectivity index (χ0) is 19.4. The number of nitrogens with zero attached hydrogens (tertiary/aromatic N) is 3. The summed E-state index contributed by atoms with van der Waals surface area (Å²) in [6, 6.07) is 11.8. The van der Waals surface area contributed by atoms with Crippen LogP contribution in [0.3, 0.4) is 0 Å². The first-order valence-corrected chi connectivity index (χ1v) is 9.26. The molecule has 142 valence electrons. The Labute approximate surface area is 159 Å². The van der Waals surface area contributed by atoms with Gasteiger partial charge in [0.05, 0.1) is 0 Å². The van der Waals surface area contributed by atoms with E-state index in [1.54, 1.807) is 27.5 Å². The first kappa shape index (κ1) is 18.9. The van der Waals surface area contributed by atoms with Crippen LogP contribution in [0, 0.1) is 6.92 Å². The molecule has 3 rings (SSSR count). The van der Waals surface area contributed by atoms with Gasteiger partial charge in [-0.2, -0.15) is 0 Å². The van der Waals surface area contributed by atoms with Crippen molar-refractivity contribution in [3.05, 3.63) is 69.6 Å². The molecule has 0 spiro atoms. The zero-order valence-corrected chi connectivity index (χ0v) is 15.9. The highest BCUT2D eigenvalue weighted by Crippen LogP contribution is 2.10. The van der Waals surface area contributed by atoms with Gasteiger partial charge >= 0.3 is 0 Å². The Morgan fingerprint density at radius 3 is 2.22 bits per heavy atom. The quantitative estimate of drug-likeness (QED) is 0.826. The predicted molar refractivity (Wildman–Crippen MR) is 104 cm³/mol. The summed E-state index contributed by atoms with van der Waals surface area (Å²) in [5.41, 5.74) is 1.83. The van der Waals surface area contributed by atoms with Crippen molar-refractivity contribution < 1.29 is 9.59 Å². The van der Waals surface area contributed by atoms with Gasteiger partial charge in [-0.15, -0.1) is 0 Å². The number of pyridine rings is 1. The Hall–Kier alpha value is -2.89. The van der Waals surface area contributed by atoms with E-state index in [2.05, 4.69) is 0 Å². The molecule has 1 aliphatic rings. The minimum Gasteiger partial charge on any atom is -0.339 e. The molecule has 1 aliphatic heterocycles. The van der Waals surface area contributed by atoms with Crippen molar-refractivity contribution in [2.24, 2.45) is 0 Å². The molecule has 0 radical (unpaired) electrons. The summed E-state index contributed by atoms with van der Waals surface area (Å²) in [5, 5.41) is 0. The van der Waals surface area contributed by atoms with Crippen molar-refractivity contribution in [3.8, 4) is 0 Å². The first-order valence-electron chi connectivity index (χ1n) is 9.26. The molecule has 0 N–H and O–H groups in total.